The maximum atomic E-state index is 12.0. The minimum atomic E-state index is 0.111. The number of hydrogen-bond acceptors (Lipinski definition) is 2. The van der Waals surface area contributed by atoms with Gasteiger partial charge < -0.3 is 0 Å². The van der Waals surface area contributed by atoms with Crippen molar-refractivity contribution >= 4 is 5.78 Å². The third kappa shape index (κ3) is 3.30. The van der Waals surface area contributed by atoms with Gasteiger partial charge in [0, 0.05) is 12.0 Å². The zero-order valence-corrected chi connectivity index (χ0v) is 10.7. The molecular formula is C13H25NO. The molecule has 0 radical (unpaired) electrons. The Balaban J connectivity index is 2.77. The molecule has 1 aliphatic rings. The smallest absolute Gasteiger partial charge is 0.149 e. The van der Waals surface area contributed by atoms with Crippen LogP contribution in [0.4, 0.5) is 0 Å². The van der Waals surface area contributed by atoms with Gasteiger partial charge in [0.1, 0.15) is 5.78 Å². The third-order valence-electron chi connectivity index (χ3n) is 3.35. The highest BCUT2D eigenvalue weighted by atomic mass is 16.1. The number of ketones is 1. The van der Waals surface area contributed by atoms with Gasteiger partial charge in [0.25, 0.3) is 0 Å². The molecule has 2 nitrogen and oxygen atoms in total. The van der Waals surface area contributed by atoms with E-state index in [1.54, 1.807) is 0 Å². The van der Waals surface area contributed by atoms with Crippen LogP contribution in [-0.4, -0.2) is 28.8 Å². The topological polar surface area (TPSA) is 20.3 Å². The molecule has 0 N–H and O–H groups in total. The van der Waals surface area contributed by atoms with Gasteiger partial charge in [-0.15, -0.1) is 0 Å². The predicted octanol–water partition coefficient (Wildman–Crippen LogP) is 3.01. The average Bonchev–Trinajstić information content (AvgIpc) is 2.31. The lowest BCUT2D eigenvalue weighted by Gasteiger charge is -2.40. The van der Waals surface area contributed by atoms with Gasteiger partial charge in [0.15, 0.2) is 0 Å². The molecule has 1 rings (SSSR count). The number of Topliss-reactive ketones (excluding diaryl/α,β-unsaturated/α-hetero) is 1. The zero-order chi connectivity index (χ0) is 11.5. The van der Waals surface area contributed by atoms with Crippen LogP contribution in [0.15, 0.2) is 0 Å². The van der Waals surface area contributed by atoms with E-state index in [0.29, 0.717) is 5.78 Å². The van der Waals surface area contributed by atoms with Crippen molar-refractivity contribution in [3.05, 3.63) is 0 Å². The number of carbonyl (C=O) groups excluding carboxylic acids is 1. The van der Waals surface area contributed by atoms with Crippen LogP contribution in [0.5, 0.6) is 0 Å². The second-order valence-corrected chi connectivity index (χ2v) is 5.54. The second kappa shape index (κ2) is 5.11. The Morgan fingerprint density at radius 1 is 1.27 bits per heavy atom. The molecule has 1 fully saturated rings. The van der Waals surface area contributed by atoms with Crippen molar-refractivity contribution in [3.8, 4) is 0 Å². The van der Waals surface area contributed by atoms with Crippen molar-refractivity contribution in [3.63, 3.8) is 0 Å². The molecule has 1 saturated carbocycles. The van der Waals surface area contributed by atoms with Gasteiger partial charge in [-0.05, 0) is 40.2 Å². The van der Waals surface area contributed by atoms with E-state index >= 15 is 0 Å². The summed E-state index contributed by atoms with van der Waals surface area (Å²) in [7, 11) is 0. The van der Waals surface area contributed by atoms with Crippen molar-refractivity contribution < 1.29 is 4.79 Å². The molecule has 0 aromatic rings. The Morgan fingerprint density at radius 2 is 1.93 bits per heavy atom. The molecule has 0 aliphatic heterocycles. The summed E-state index contributed by atoms with van der Waals surface area (Å²) < 4.78 is 0. The lowest BCUT2D eigenvalue weighted by atomic mass is 9.97. The Hall–Kier alpha value is -0.370. The van der Waals surface area contributed by atoms with Crippen molar-refractivity contribution in [1.82, 2.24) is 4.90 Å². The molecule has 88 valence electrons. The molecule has 2 heteroatoms. The molecule has 0 saturated heterocycles. The third-order valence-corrected chi connectivity index (χ3v) is 3.35. The summed E-state index contributed by atoms with van der Waals surface area (Å²) in [6, 6.07) is 0.178. The molecule has 0 amide bonds. The van der Waals surface area contributed by atoms with E-state index in [2.05, 4.69) is 32.6 Å². The first-order chi connectivity index (χ1) is 6.96. The van der Waals surface area contributed by atoms with E-state index in [1.165, 1.54) is 12.8 Å². The highest BCUT2D eigenvalue weighted by molar-refractivity contribution is 5.84. The number of rotatable bonds is 2. The van der Waals surface area contributed by atoms with E-state index in [9.17, 15) is 4.79 Å². The monoisotopic (exact) mass is 211 g/mol. The largest absolute Gasteiger partial charge is 0.298 e. The van der Waals surface area contributed by atoms with Crippen LogP contribution in [-0.2, 0) is 4.79 Å². The molecule has 0 heterocycles. The Morgan fingerprint density at radius 3 is 2.47 bits per heavy atom. The first kappa shape index (κ1) is 12.7. The van der Waals surface area contributed by atoms with Crippen molar-refractivity contribution in [1.29, 1.82) is 0 Å². The maximum Gasteiger partial charge on any atom is 0.149 e. The highest BCUT2D eigenvalue weighted by Gasteiger charge is 2.32. The van der Waals surface area contributed by atoms with Crippen LogP contribution < -0.4 is 0 Å². The van der Waals surface area contributed by atoms with E-state index < -0.39 is 0 Å². The normalized spacial score (nSPS) is 24.3. The minimum absolute atomic E-state index is 0.111. The Kier molecular flexibility index (Phi) is 4.32. The van der Waals surface area contributed by atoms with E-state index in [4.69, 9.17) is 0 Å². The molecule has 1 unspecified atom stereocenters. The van der Waals surface area contributed by atoms with E-state index in [1.807, 2.05) is 0 Å². The van der Waals surface area contributed by atoms with Crippen LogP contribution in [0.25, 0.3) is 0 Å². The molecule has 0 aromatic heterocycles. The van der Waals surface area contributed by atoms with Gasteiger partial charge >= 0.3 is 0 Å². The summed E-state index contributed by atoms with van der Waals surface area (Å²) in [5.74, 6) is 0.462. The van der Waals surface area contributed by atoms with Gasteiger partial charge in [-0.25, -0.2) is 0 Å². The summed E-state index contributed by atoms with van der Waals surface area (Å²) in [6.45, 7) is 9.74. The molecule has 0 spiro atoms. The predicted molar refractivity (Wildman–Crippen MR) is 64.0 cm³/mol. The van der Waals surface area contributed by atoms with Gasteiger partial charge in [-0.1, -0.05) is 19.8 Å². The number of carbonyl (C=O) groups is 1. The first-order valence-electron chi connectivity index (χ1n) is 6.26. The number of hydrogen-bond donors (Lipinski definition) is 0. The molecule has 15 heavy (non-hydrogen) atoms. The van der Waals surface area contributed by atoms with Crippen LogP contribution >= 0.6 is 0 Å². The second-order valence-electron chi connectivity index (χ2n) is 5.54. The molecule has 1 atom stereocenters. The van der Waals surface area contributed by atoms with Crippen LogP contribution in [0.2, 0.25) is 0 Å². The summed E-state index contributed by atoms with van der Waals surface area (Å²) in [5, 5.41) is 0. The van der Waals surface area contributed by atoms with Gasteiger partial charge in [0.05, 0.1) is 6.04 Å². The molecule has 0 aromatic carbocycles. The minimum Gasteiger partial charge on any atom is -0.298 e. The summed E-state index contributed by atoms with van der Waals surface area (Å²) in [6.07, 6.45) is 5.38. The lowest BCUT2D eigenvalue weighted by Crippen LogP contribution is -2.51. The Bertz CT molecular complexity index is 217. The van der Waals surface area contributed by atoms with Crippen molar-refractivity contribution in [2.24, 2.45) is 0 Å². The van der Waals surface area contributed by atoms with Crippen molar-refractivity contribution in [2.45, 2.75) is 71.4 Å². The quantitative estimate of drug-likeness (QED) is 0.654. The van der Waals surface area contributed by atoms with Gasteiger partial charge in [0.2, 0.25) is 0 Å². The van der Waals surface area contributed by atoms with Crippen LogP contribution in [0.3, 0.4) is 0 Å². The summed E-state index contributed by atoms with van der Waals surface area (Å²) >= 11 is 0. The molecule has 0 bridgehead atoms. The number of likely N-dealkylation sites (N-methyl/N-ethyl adjacent to an activating group) is 1. The zero-order valence-electron chi connectivity index (χ0n) is 10.7. The SMILES string of the molecule is CCN(C1CCCCCC1=O)C(C)(C)C. The summed E-state index contributed by atoms with van der Waals surface area (Å²) in [4.78, 5) is 14.4. The maximum absolute atomic E-state index is 12.0. The van der Waals surface area contributed by atoms with Crippen LogP contribution in [0, 0.1) is 0 Å². The average molecular weight is 211 g/mol. The molecular weight excluding hydrogens is 186 g/mol. The molecule has 1 aliphatic carbocycles. The Labute approximate surface area is 94.0 Å². The lowest BCUT2D eigenvalue weighted by molar-refractivity contribution is -0.126. The van der Waals surface area contributed by atoms with Gasteiger partial charge in [-0.3, -0.25) is 9.69 Å². The van der Waals surface area contributed by atoms with Gasteiger partial charge in [-0.2, -0.15) is 0 Å². The fraction of sp³-hybridized carbons (Fsp3) is 0.923. The van der Waals surface area contributed by atoms with E-state index in [-0.39, 0.29) is 11.6 Å². The highest BCUT2D eigenvalue weighted by Crippen LogP contribution is 2.25. The fourth-order valence-corrected chi connectivity index (χ4v) is 2.63. The fourth-order valence-electron chi connectivity index (χ4n) is 2.63. The van der Waals surface area contributed by atoms with E-state index in [0.717, 1.165) is 25.8 Å². The summed E-state index contributed by atoms with van der Waals surface area (Å²) in [5.41, 5.74) is 0.111. The van der Waals surface area contributed by atoms with Crippen molar-refractivity contribution in [2.75, 3.05) is 6.54 Å². The van der Waals surface area contributed by atoms with Crippen LogP contribution in [0.1, 0.15) is 59.8 Å². The standard InChI is InChI=1S/C13H25NO/c1-5-14(13(2,3)4)11-9-7-6-8-10-12(11)15/h11H,5-10H2,1-4H3. The first-order valence-corrected chi connectivity index (χ1v) is 6.26. The number of nitrogens with zero attached hydrogens (tertiary/aromatic N) is 1.